The fraction of sp³-hybridized carbons (Fsp3) is 0.710. The van der Waals surface area contributed by atoms with Gasteiger partial charge in [0.1, 0.15) is 5.82 Å². The monoisotopic (exact) mass is 497 g/mol. The van der Waals surface area contributed by atoms with Gasteiger partial charge in [-0.05, 0) is 104 Å². The van der Waals surface area contributed by atoms with Gasteiger partial charge in [0.15, 0.2) is 0 Å². The Morgan fingerprint density at radius 2 is 1.74 bits per heavy atom. The van der Waals surface area contributed by atoms with Gasteiger partial charge in [-0.2, -0.15) is 0 Å². The number of rotatable bonds is 8. The van der Waals surface area contributed by atoms with Crippen LogP contribution in [0.15, 0.2) is 41.1 Å². The highest BCUT2D eigenvalue weighted by Gasteiger charge is 2.37. The standard InChI is InChI=1S/C31H48ClN3/c1-22(2)24(4)29(21-31(5,6)28-10-9-27(32)19-23(28)3)34-17-12-25(13-18-34)26-11-14-33-30(20-26)35-15-7-8-16-35/h9-11,14,20,22-25,29H,7-8,12-13,15-19,21H2,1-6H3. The molecule has 0 radical (unpaired) electrons. The Balaban J connectivity index is 1.45. The molecular formula is C31H48ClN3. The first-order chi connectivity index (χ1) is 16.7. The van der Waals surface area contributed by atoms with Crippen molar-refractivity contribution in [2.24, 2.45) is 23.2 Å². The second-order valence-electron chi connectivity index (χ2n) is 12.6. The van der Waals surface area contributed by atoms with E-state index in [0.29, 0.717) is 29.7 Å². The third kappa shape index (κ3) is 6.34. The predicted molar refractivity (Wildman–Crippen MR) is 151 cm³/mol. The van der Waals surface area contributed by atoms with Gasteiger partial charge in [-0.3, -0.25) is 0 Å². The molecule has 0 spiro atoms. The fourth-order valence-corrected chi connectivity index (χ4v) is 7.11. The van der Waals surface area contributed by atoms with Crippen LogP contribution in [0.25, 0.3) is 0 Å². The highest BCUT2D eigenvalue weighted by atomic mass is 35.5. The van der Waals surface area contributed by atoms with E-state index in [0.717, 1.165) is 24.5 Å². The van der Waals surface area contributed by atoms with Gasteiger partial charge in [-0.15, -0.1) is 0 Å². The molecule has 3 aliphatic rings. The number of hydrogen-bond donors (Lipinski definition) is 0. The number of piperidine rings is 1. The Labute approximate surface area is 220 Å². The fourth-order valence-electron chi connectivity index (χ4n) is 6.81. The van der Waals surface area contributed by atoms with Crippen LogP contribution in [0.4, 0.5) is 5.82 Å². The van der Waals surface area contributed by atoms with Crippen LogP contribution in [0.5, 0.6) is 0 Å². The zero-order valence-corrected chi connectivity index (χ0v) is 23.8. The van der Waals surface area contributed by atoms with Crippen LogP contribution in [-0.4, -0.2) is 42.1 Å². The first-order valence-corrected chi connectivity index (χ1v) is 14.5. The molecule has 0 aromatic carbocycles. The molecule has 1 aliphatic carbocycles. The van der Waals surface area contributed by atoms with Crippen LogP contribution in [0.3, 0.4) is 0 Å². The van der Waals surface area contributed by atoms with Crippen molar-refractivity contribution in [3.8, 4) is 0 Å². The molecule has 0 N–H and O–H groups in total. The van der Waals surface area contributed by atoms with Gasteiger partial charge < -0.3 is 9.80 Å². The zero-order valence-electron chi connectivity index (χ0n) is 23.1. The predicted octanol–water partition coefficient (Wildman–Crippen LogP) is 8.03. The SMILES string of the molecule is CC1CC(Cl)=CC=C1C(C)(C)CC(C(C)C(C)C)N1CCC(c2ccnc(N3CCCC3)c2)CC1. The largest absolute Gasteiger partial charge is 0.357 e. The number of halogens is 1. The van der Waals surface area contributed by atoms with Crippen molar-refractivity contribution >= 4 is 17.4 Å². The molecule has 0 bridgehead atoms. The Bertz CT molecular complexity index is 904. The molecular weight excluding hydrogens is 450 g/mol. The Morgan fingerprint density at radius 3 is 2.37 bits per heavy atom. The molecule has 3 nitrogen and oxygen atoms in total. The normalized spacial score (nSPS) is 24.5. The summed E-state index contributed by atoms with van der Waals surface area (Å²) in [4.78, 5) is 9.99. The lowest BCUT2D eigenvalue weighted by atomic mass is 9.69. The molecule has 3 heterocycles. The van der Waals surface area contributed by atoms with Gasteiger partial charge in [-0.1, -0.05) is 64.8 Å². The number of aromatic nitrogens is 1. The van der Waals surface area contributed by atoms with E-state index >= 15 is 0 Å². The summed E-state index contributed by atoms with van der Waals surface area (Å²) in [5, 5.41) is 0.996. The topological polar surface area (TPSA) is 19.4 Å². The Morgan fingerprint density at radius 1 is 1.06 bits per heavy atom. The molecule has 0 amide bonds. The van der Waals surface area contributed by atoms with E-state index in [-0.39, 0.29) is 5.41 Å². The lowest BCUT2D eigenvalue weighted by molar-refractivity contribution is 0.0670. The van der Waals surface area contributed by atoms with Gasteiger partial charge in [0.05, 0.1) is 0 Å². The van der Waals surface area contributed by atoms with E-state index in [2.05, 4.69) is 75.6 Å². The van der Waals surface area contributed by atoms with Crippen molar-refractivity contribution in [2.75, 3.05) is 31.1 Å². The zero-order chi connectivity index (χ0) is 25.2. The van der Waals surface area contributed by atoms with Crippen molar-refractivity contribution in [2.45, 2.75) is 92.0 Å². The summed E-state index contributed by atoms with van der Waals surface area (Å²) in [6.07, 6.45) is 13.8. The number of hydrogen-bond acceptors (Lipinski definition) is 3. The summed E-state index contributed by atoms with van der Waals surface area (Å²) in [6.45, 7) is 19.3. The second kappa shape index (κ2) is 11.4. The number of anilines is 1. The van der Waals surface area contributed by atoms with Crippen molar-refractivity contribution < 1.29 is 0 Å². The van der Waals surface area contributed by atoms with E-state index < -0.39 is 0 Å². The third-order valence-electron chi connectivity index (χ3n) is 9.30. The summed E-state index contributed by atoms with van der Waals surface area (Å²) >= 11 is 6.36. The average molecular weight is 498 g/mol. The molecule has 3 unspecified atom stereocenters. The highest BCUT2D eigenvalue weighted by molar-refractivity contribution is 6.29. The molecule has 35 heavy (non-hydrogen) atoms. The van der Waals surface area contributed by atoms with Crippen molar-refractivity contribution in [1.29, 1.82) is 0 Å². The molecule has 2 saturated heterocycles. The van der Waals surface area contributed by atoms with E-state index in [1.54, 1.807) is 5.57 Å². The maximum Gasteiger partial charge on any atom is 0.128 e. The molecule has 2 fully saturated rings. The molecule has 194 valence electrons. The highest BCUT2D eigenvalue weighted by Crippen LogP contribution is 2.44. The third-order valence-corrected chi connectivity index (χ3v) is 9.59. The van der Waals surface area contributed by atoms with Crippen LogP contribution in [0, 0.1) is 23.2 Å². The first-order valence-electron chi connectivity index (χ1n) is 14.2. The Hall–Kier alpha value is -1.32. The smallest absolute Gasteiger partial charge is 0.128 e. The maximum atomic E-state index is 6.36. The van der Waals surface area contributed by atoms with Gasteiger partial charge in [0.25, 0.3) is 0 Å². The minimum Gasteiger partial charge on any atom is -0.357 e. The van der Waals surface area contributed by atoms with Crippen LogP contribution < -0.4 is 4.90 Å². The summed E-state index contributed by atoms with van der Waals surface area (Å²) in [6, 6.07) is 5.27. The Kier molecular flexibility index (Phi) is 8.69. The van der Waals surface area contributed by atoms with Crippen molar-refractivity contribution in [3.05, 3.63) is 46.7 Å². The van der Waals surface area contributed by atoms with Crippen molar-refractivity contribution in [3.63, 3.8) is 0 Å². The van der Waals surface area contributed by atoms with Gasteiger partial charge in [-0.25, -0.2) is 4.98 Å². The van der Waals surface area contributed by atoms with Crippen LogP contribution in [0.1, 0.15) is 91.5 Å². The first kappa shape index (κ1) is 26.7. The minimum absolute atomic E-state index is 0.175. The molecule has 3 atom stereocenters. The minimum atomic E-state index is 0.175. The number of allylic oxidation sites excluding steroid dienone is 4. The summed E-state index contributed by atoms with van der Waals surface area (Å²) < 4.78 is 0. The number of nitrogens with zero attached hydrogens (tertiary/aromatic N) is 3. The maximum absolute atomic E-state index is 6.36. The molecule has 0 saturated carbocycles. The molecule has 4 heteroatoms. The molecule has 2 aliphatic heterocycles. The molecule has 1 aromatic rings. The second-order valence-corrected chi connectivity index (χ2v) is 13.0. The van der Waals surface area contributed by atoms with E-state index in [9.17, 15) is 0 Å². The summed E-state index contributed by atoms with van der Waals surface area (Å²) in [7, 11) is 0. The van der Waals surface area contributed by atoms with Crippen LogP contribution in [-0.2, 0) is 0 Å². The number of pyridine rings is 1. The van der Waals surface area contributed by atoms with Gasteiger partial charge in [0.2, 0.25) is 0 Å². The van der Waals surface area contributed by atoms with E-state index in [4.69, 9.17) is 16.6 Å². The lowest BCUT2D eigenvalue weighted by Gasteiger charge is -2.46. The van der Waals surface area contributed by atoms with E-state index in [1.165, 1.54) is 56.6 Å². The lowest BCUT2D eigenvalue weighted by Crippen LogP contribution is -2.48. The van der Waals surface area contributed by atoms with Crippen molar-refractivity contribution in [1.82, 2.24) is 9.88 Å². The quantitative estimate of drug-likeness (QED) is 0.362. The van der Waals surface area contributed by atoms with Gasteiger partial charge in [0, 0.05) is 30.4 Å². The van der Waals surface area contributed by atoms with Crippen LogP contribution >= 0.6 is 11.6 Å². The molecule has 1 aromatic heterocycles. The number of likely N-dealkylation sites (tertiary alicyclic amines) is 1. The summed E-state index contributed by atoms with van der Waals surface area (Å²) in [5.74, 6) is 3.74. The average Bonchev–Trinajstić information content (AvgIpc) is 3.37. The van der Waals surface area contributed by atoms with Gasteiger partial charge >= 0.3 is 0 Å². The summed E-state index contributed by atoms with van der Waals surface area (Å²) in [5.41, 5.74) is 3.25. The van der Waals surface area contributed by atoms with E-state index in [1.807, 2.05) is 6.20 Å². The van der Waals surface area contributed by atoms with Crippen LogP contribution in [0.2, 0.25) is 0 Å². The molecule has 4 rings (SSSR count).